The normalized spacial score (nSPS) is 12.2. The van der Waals surface area contributed by atoms with E-state index in [9.17, 15) is 0 Å². The summed E-state index contributed by atoms with van der Waals surface area (Å²) in [6.45, 7) is 0. The van der Waals surface area contributed by atoms with Crippen LogP contribution in [0.5, 0.6) is 0 Å². The molecule has 0 aliphatic heterocycles. The van der Waals surface area contributed by atoms with Gasteiger partial charge in [-0.15, -0.1) is 22.7 Å². The van der Waals surface area contributed by atoms with Crippen LogP contribution >= 0.6 is 22.7 Å². The van der Waals surface area contributed by atoms with Crippen LogP contribution in [0.3, 0.4) is 0 Å². The van der Waals surface area contributed by atoms with Crippen molar-refractivity contribution >= 4 is 102 Å². The summed E-state index contributed by atoms with van der Waals surface area (Å²) in [4.78, 5) is 2.42. The van der Waals surface area contributed by atoms with Crippen LogP contribution in [0, 0.1) is 0 Å². The molecule has 0 saturated carbocycles. The van der Waals surface area contributed by atoms with E-state index in [1.54, 1.807) is 0 Å². The summed E-state index contributed by atoms with van der Waals surface area (Å²) < 4.78 is 12.2. The number of rotatable bonds is 8. The molecule has 0 aliphatic carbocycles. The number of furan rings is 1. The van der Waals surface area contributed by atoms with Crippen molar-refractivity contribution in [2.24, 2.45) is 0 Å². The van der Waals surface area contributed by atoms with E-state index in [0.717, 1.165) is 39.0 Å². The number of benzene rings is 10. The molecule has 3 heterocycles. The van der Waals surface area contributed by atoms with E-state index in [1.165, 1.54) is 79.3 Å². The smallest absolute Gasteiger partial charge is 0.159 e. The van der Waals surface area contributed by atoms with Crippen LogP contribution in [0.4, 0.5) is 17.1 Å². The second-order valence-corrected chi connectivity index (χ2v) is 19.0. The van der Waals surface area contributed by atoms with E-state index in [0.29, 0.717) is 0 Å². The van der Waals surface area contributed by atoms with Gasteiger partial charge in [-0.3, -0.25) is 0 Å². The van der Waals surface area contributed by atoms with Crippen LogP contribution in [0.1, 0.15) is 22.6 Å². The molecule has 3 aromatic heterocycles. The van der Waals surface area contributed by atoms with Gasteiger partial charge < -0.3 is 9.32 Å². The van der Waals surface area contributed by atoms with Crippen LogP contribution in [0.2, 0.25) is 0 Å². The first-order chi connectivity index (χ1) is 32.2. The Morgan fingerprint density at radius 1 is 0.323 bits per heavy atom. The van der Waals surface area contributed by atoms with Crippen molar-refractivity contribution in [2.75, 3.05) is 4.90 Å². The van der Waals surface area contributed by atoms with Crippen LogP contribution in [-0.4, -0.2) is 0 Å². The van der Waals surface area contributed by atoms with Gasteiger partial charge in [0.1, 0.15) is 5.58 Å². The van der Waals surface area contributed by atoms with Crippen LogP contribution < -0.4 is 4.90 Å². The highest BCUT2D eigenvalue weighted by Gasteiger charge is 2.26. The molecule has 65 heavy (non-hydrogen) atoms. The Labute approximate surface area is 384 Å². The van der Waals surface area contributed by atoms with Crippen molar-refractivity contribution in [3.8, 4) is 22.3 Å². The molecule has 4 heteroatoms. The Bertz CT molecular complexity index is 3880. The highest BCUT2D eigenvalue weighted by molar-refractivity contribution is 7.26. The van der Waals surface area contributed by atoms with Gasteiger partial charge in [-0.2, -0.15) is 0 Å². The topological polar surface area (TPSA) is 16.4 Å². The van der Waals surface area contributed by atoms with Gasteiger partial charge in [0.05, 0.1) is 5.69 Å². The minimum atomic E-state index is -0.0923. The fraction of sp³-hybridized carbons (Fsp3) is 0.0164. The summed E-state index contributed by atoms with van der Waals surface area (Å²) in [5.41, 5.74) is 13.3. The summed E-state index contributed by atoms with van der Waals surface area (Å²) in [5, 5.41) is 7.30. The molecule has 0 N–H and O–H groups in total. The molecule has 1 unspecified atom stereocenters. The molecule has 13 aromatic rings. The molecule has 0 saturated heterocycles. The number of thiophene rings is 2. The lowest BCUT2D eigenvalue weighted by atomic mass is 9.83. The quantitative estimate of drug-likeness (QED) is 0.142. The molecule has 2 nitrogen and oxygen atoms in total. The lowest BCUT2D eigenvalue weighted by Crippen LogP contribution is -2.12. The van der Waals surface area contributed by atoms with E-state index >= 15 is 0 Å². The molecule has 0 fully saturated rings. The van der Waals surface area contributed by atoms with E-state index in [4.69, 9.17) is 4.42 Å². The maximum Gasteiger partial charge on any atom is 0.159 e. The first kappa shape index (κ1) is 37.8. The molecule has 0 amide bonds. The minimum Gasteiger partial charge on any atom is -0.454 e. The minimum absolute atomic E-state index is 0.0923. The van der Waals surface area contributed by atoms with Crippen LogP contribution in [-0.2, 0) is 0 Å². The van der Waals surface area contributed by atoms with Crippen molar-refractivity contribution < 1.29 is 4.42 Å². The summed E-state index contributed by atoms with van der Waals surface area (Å²) in [5.74, 6) is -0.0923. The van der Waals surface area contributed by atoms with Gasteiger partial charge in [-0.25, -0.2) is 0 Å². The van der Waals surface area contributed by atoms with Gasteiger partial charge >= 0.3 is 0 Å². The predicted molar refractivity (Wildman–Crippen MR) is 279 cm³/mol. The predicted octanol–water partition coefficient (Wildman–Crippen LogP) is 18.3. The maximum atomic E-state index is 7.01. The second kappa shape index (κ2) is 15.5. The molecule has 0 bridgehead atoms. The first-order valence-corrected chi connectivity index (χ1v) is 23.7. The fourth-order valence-electron chi connectivity index (χ4n) is 9.88. The summed E-state index contributed by atoms with van der Waals surface area (Å²) in [6.07, 6.45) is 0. The number of hydrogen-bond donors (Lipinski definition) is 0. The lowest BCUT2D eigenvalue weighted by molar-refractivity contribution is 0.669. The molecule has 10 aromatic carbocycles. The van der Waals surface area contributed by atoms with Gasteiger partial charge in [0.25, 0.3) is 0 Å². The van der Waals surface area contributed by atoms with Crippen LogP contribution in [0.15, 0.2) is 235 Å². The van der Waals surface area contributed by atoms with Crippen molar-refractivity contribution in [3.05, 3.63) is 247 Å². The molecular weight excluding hydrogens is 827 g/mol. The van der Waals surface area contributed by atoms with Gasteiger partial charge in [0.2, 0.25) is 0 Å². The zero-order chi connectivity index (χ0) is 42.8. The van der Waals surface area contributed by atoms with E-state index in [1.807, 2.05) is 22.7 Å². The highest BCUT2D eigenvalue weighted by atomic mass is 32.1. The van der Waals surface area contributed by atoms with Crippen LogP contribution in [0.25, 0.3) is 84.5 Å². The fourth-order valence-corrected chi connectivity index (χ4v) is 12.0. The molecule has 0 spiro atoms. The third-order valence-corrected chi connectivity index (χ3v) is 15.3. The van der Waals surface area contributed by atoms with Gasteiger partial charge in [-0.1, -0.05) is 158 Å². The Balaban J connectivity index is 1.08. The standard InChI is InChI=1S/C61H39NOS2/c1-3-13-39(14-4-1)41-23-25-43(26-24-41)60(44-29-33-58-51(35-44)49-18-8-11-21-56(49)64-58)45-36-53-48-17-7-10-20-55(48)63-61(53)54(37-45)62(46-30-27-42(28-31-46)40-15-5-2-6-16-40)47-32-34-59-52(38-47)50-19-9-12-22-57(50)65-59/h1-38,60H. The zero-order valence-electron chi connectivity index (χ0n) is 35.2. The number of fused-ring (bicyclic) bond motifs is 9. The summed E-state index contributed by atoms with van der Waals surface area (Å²) in [6, 6.07) is 84.4. The van der Waals surface area contributed by atoms with Crippen molar-refractivity contribution in [3.63, 3.8) is 0 Å². The number of nitrogens with zero attached hydrogens (tertiary/aromatic N) is 1. The molecule has 13 rings (SSSR count). The number of anilines is 3. The largest absolute Gasteiger partial charge is 0.454 e. The van der Waals surface area contributed by atoms with E-state index < -0.39 is 0 Å². The third kappa shape index (κ3) is 6.52. The molecule has 306 valence electrons. The van der Waals surface area contributed by atoms with Gasteiger partial charge in [0.15, 0.2) is 5.58 Å². The summed E-state index contributed by atoms with van der Waals surface area (Å²) >= 11 is 3.71. The Kier molecular flexibility index (Phi) is 9.00. The number of para-hydroxylation sites is 1. The Hall–Kier alpha value is -7.76. The first-order valence-electron chi connectivity index (χ1n) is 22.1. The zero-order valence-corrected chi connectivity index (χ0v) is 36.8. The Morgan fingerprint density at radius 2 is 0.800 bits per heavy atom. The van der Waals surface area contributed by atoms with E-state index in [2.05, 4.69) is 235 Å². The highest BCUT2D eigenvalue weighted by Crippen LogP contribution is 2.48. The number of hydrogen-bond acceptors (Lipinski definition) is 4. The third-order valence-electron chi connectivity index (χ3n) is 13.0. The average Bonchev–Trinajstić information content (AvgIpc) is 4.06. The molecular formula is C61H39NOS2. The van der Waals surface area contributed by atoms with Gasteiger partial charge in [0, 0.05) is 68.4 Å². The summed E-state index contributed by atoms with van der Waals surface area (Å²) in [7, 11) is 0. The van der Waals surface area contributed by atoms with Gasteiger partial charge in [-0.05, 0) is 112 Å². The maximum absolute atomic E-state index is 7.01. The Morgan fingerprint density at radius 3 is 1.46 bits per heavy atom. The lowest BCUT2D eigenvalue weighted by Gasteiger charge is -2.28. The van der Waals surface area contributed by atoms with Crippen molar-refractivity contribution in [2.45, 2.75) is 5.92 Å². The molecule has 0 radical (unpaired) electrons. The molecule has 0 aliphatic rings. The SMILES string of the molecule is c1ccc(-c2ccc(C(c3ccc4sc5ccccc5c4c3)c3cc(N(c4ccc(-c5ccccc5)cc4)c4ccc5sc6ccccc6c5c4)c4oc5ccccc5c4c3)cc2)cc1. The van der Waals surface area contributed by atoms with Crippen molar-refractivity contribution in [1.29, 1.82) is 0 Å². The van der Waals surface area contributed by atoms with Crippen molar-refractivity contribution in [1.82, 2.24) is 0 Å². The average molecular weight is 866 g/mol. The second-order valence-electron chi connectivity index (χ2n) is 16.8. The molecule has 1 atom stereocenters. The van der Waals surface area contributed by atoms with E-state index in [-0.39, 0.29) is 5.92 Å². The monoisotopic (exact) mass is 865 g/mol.